The molecule has 5 rings (SSSR count). The molecule has 12 nitrogen and oxygen atoms in total. The number of benzene rings is 1. The molecule has 1 saturated heterocycles. The third-order valence-corrected chi connectivity index (χ3v) is 5.71. The number of nitrogens with one attached hydrogen (secondary N) is 1. The minimum Gasteiger partial charge on any atom is -0.380 e. The van der Waals surface area contributed by atoms with Crippen LogP contribution in [0.3, 0.4) is 0 Å². The van der Waals surface area contributed by atoms with Crippen LogP contribution in [0, 0.1) is 11.6 Å². The second kappa shape index (κ2) is 8.66. The van der Waals surface area contributed by atoms with Crippen molar-refractivity contribution in [3.63, 3.8) is 0 Å². The Balaban J connectivity index is 1.38. The Morgan fingerprint density at radius 1 is 1.28 bits per heavy atom. The number of nitrogens with two attached hydrogens (primary N) is 1. The zero-order chi connectivity index (χ0) is 25.6. The van der Waals surface area contributed by atoms with Crippen molar-refractivity contribution in [3.8, 4) is 5.69 Å². The average Bonchev–Trinajstić information content (AvgIpc) is 3.42. The number of hydrogen-bond donors (Lipinski definition) is 3. The summed E-state index contributed by atoms with van der Waals surface area (Å²) in [6, 6.07) is 5.42. The van der Waals surface area contributed by atoms with E-state index in [0.717, 1.165) is 24.1 Å². The Bertz CT molecular complexity index is 1470. The maximum atomic E-state index is 14.8. The summed E-state index contributed by atoms with van der Waals surface area (Å²) in [6.07, 6.45) is 2.39. The molecule has 36 heavy (non-hydrogen) atoms. The first-order valence-corrected chi connectivity index (χ1v) is 10.6. The number of pyridine rings is 1. The normalized spacial score (nSPS) is 17.8. The van der Waals surface area contributed by atoms with Crippen LogP contribution < -0.4 is 16.0 Å². The van der Waals surface area contributed by atoms with Gasteiger partial charge in [-0.25, -0.2) is 13.5 Å². The van der Waals surface area contributed by atoms with E-state index in [0.29, 0.717) is 5.69 Å². The first-order chi connectivity index (χ1) is 17.2. The highest BCUT2D eigenvalue weighted by molar-refractivity contribution is 6.06. The summed E-state index contributed by atoms with van der Waals surface area (Å²) in [5.41, 5.74) is 3.53. The number of anilines is 3. The Morgan fingerprint density at radius 3 is 2.78 bits per heavy atom. The number of halogens is 2. The molecule has 4 N–H and O–H groups in total. The third kappa shape index (κ3) is 3.91. The molecule has 0 bridgehead atoms. The second-order valence-corrected chi connectivity index (χ2v) is 8.19. The first-order valence-electron chi connectivity index (χ1n) is 10.6. The minimum absolute atomic E-state index is 0.0288. The largest absolute Gasteiger partial charge is 0.380 e. The van der Waals surface area contributed by atoms with E-state index in [1.165, 1.54) is 23.1 Å². The van der Waals surface area contributed by atoms with E-state index >= 15 is 0 Å². The van der Waals surface area contributed by atoms with E-state index < -0.39 is 35.2 Å². The fourth-order valence-corrected chi connectivity index (χ4v) is 3.85. The van der Waals surface area contributed by atoms with Gasteiger partial charge >= 0.3 is 0 Å². The molecule has 1 aromatic carbocycles. The van der Waals surface area contributed by atoms with Crippen molar-refractivity contribution >= 4 is 40.1 Å². The number of nitrogen functional groups attached to an aromatic ring is 1. The smallest absolute Gasteiger partial charge is 0.261 e. The number of nitrogens with zero attached hydrogens (tertiary/aromatic N) is 5. The average molecular weight is 499 g/mol. The van der Waals surface area contributed by atoms with Crippen molar-refractivity contribution in [2.45, 2.75) is 18.6 Å². The second-order valence-electron chi connectivity index (χ2n) is 8.19. The summed E-state index contributed by atoms with van der Waals surface area (Å²) in [5.74, 6) is -4.01. The standard InChI is InChI=1S/C22H19F2N7O5/c1-22(34,21(33)27-11-8-13(23)16-15(9-11)36-29-18(16)25)17-20(32)30(6-7-35-17)19-14(24)10-31(28-19)12-2-4-26-5-3-12/h2-5,8-10,17,34H,6-7H2,1H3,(H2,25,29)(H,27,33). The fraction of sp³-hybridized carbons (Fsp3) is 0.227. The molecule has 0 saturated carbocycles. The number of ether oxygens (including phenoxy) is 1. The van der Waals surface area contributed by atoms with Crippen LogP contribution in [0.1, 0.15) is 6.92 Å². The van der Waals surface area contributed by atoms with E-state index in [1.807, 2.05) is 0 Å². The molecule has 2 atom stereocenters. The van der Waals surface area contributed by atoms with Gasteiger partial charge in [0.2, 0.25) is 0 Å². The molecule has 2 unspecified atom stereocenters. The van der Waals surface area contributed by atoms with Gasteiger partial charge in [-0.3, -0.25) is 19.5 Å². The highest BCUT2D eigenvalue weighted by atomic mass is 19.1. The van der Waals surface area contributed by atoms with Crippen LogP contribution in [-0.4, -0.2) is 61.7 Å². The molecule has 1 aliphatic rings. The molecule has 1 aliphatic heterocycles. The topological polar surface area (TPSA) is 162 Å². The van der Waals surface area contributed by atoms with Crippen molar-refractivity contribution < 1.29 is 32.7 Å². The van der Waals surface area contributed by atoms with Crippen LogP contribution in [0.25, 0.3) is 16.7 Å². The molecule has 0 spiro atoms. The number of aliphatic hydroxyl groups is 1. The maximum Gasteiger partial charge on any atom is 0.261 e. The summed E-state index contributed by atoms with van der Waals surface area (Å²) in [7, 11) is 0. The van der Waals surface area contributed by atoms with Gasteiger partial charge in [-0.15, -0.1) is 5.10 Å². The Hall–Kier alpha value is -4.43. The number of carbonyl (C=O) groups excluding carboxylic acids is 2. The van der Waals surface area contributed by atoms with E-state index in [4.69, 9.17) is 15.0 Å². The predicted molar refractivity (Wildman–Crippen MR) is 121 cm³/mol. The number of rotatable bonds is 5. The van der Waals surface area contributed by atoms with Crippen LogP contribution in [0.4, 0.5) is 26.1 Å². The van der Waals surface area contributed by atoms with Gasteiger partial charge in [-0.05, 0) is 25.1 Å². The van der Waals surface area contributed by atoms with Crippen molar-refractivity contribution in [2.75, 3.05) is 29.1 Å². The molecule has 0 aliphatic carbocycles. The fourth-order valence-electron chi connectivity index (χ4n) is 3.85. The summed E-state index contributed by atoms with van der Waals surface area (Å²) in [4.78, 5) is 31.0. The van der Waals surface area contributed by atoms with Crippen molar-refractivity contribution in [3.05, 3.63) is 54.5 Å². The SMILES string of the molecule is CC(O)(C(=O)Nc1cc(F)c2c(N)noc2c1)C1OCCN(c2nn(-c3ccncc3)cc2F)C1=O. The van der Waals surface area contributed by atoms with E-state index in [9.17, 15) is 23.5 Å². The van der Waals surface area contributed by atoms with Crippen LogP contribution in [-0.2, 0) is 14.3 Å². The lowest BCUT2D eigenvalue weighted by Crippen LogP contribution is -2.61. The maximum absolute atomic E-state index is 14.8. The van der Waals surface area contributed by atoms with Crippen molar-refractivity contribution in [1.82, 2.24) is 19.9 Å². The highest BCUT2D eigenvalue weighted by Gasteiger charge is 2.49. The summed E-state index contributed by atoms with van der Waals surface area (Å²) in [5, 5.41) is 20.8. The lowest BCUT2D eigenvalue weighted by atomic mass is 9.95. The molecular formula is C22H19F2N7O5. The molecular weight excluding hydrogens is 480 g/mol. The zero-order valence-corrected chi connectivity index (χ0v) is 18.7. The molecule has 4 heterocycles. The van der Waals surface area contributed by atoms with Crippen LogP contribution >= 0.6 is 0 Å². The van der Waals surface area contributed by atoms with E-state index in [2.05, 4.69) is 20.6 Å². The van der Waals surface area contributed by atoms with Gasteiger partial charge in [-0.2, -0.15) is 0 Å². The molecule has 186 valence electrons. The monoisotopic (exact) mass is 499 g/mol. The molecule has 4 aromatic rings. The lowest BCUT2D eigenvalue weighted by Gasteiger charge is -2.37. The third-order valence-electron chi connectivity index (χ3n) is 5.71. The molecule has 3 aromatic heterocycles. The van der Waals surface area contributed by atoms with Crippen LogP contribution in [0.2, 0.25) is 0 Å². The number of morpholine rings is 1. The van der Waals surface area contributed by atoms with Gasteiger partial charge < -0.3 is 25.4 Å². The van der Waals surface area contributed by atoms with Gasteiger partial charge in [0.15, 0.2) is 34.7 Å². The zero-order valence-electron chi connectivity index (χ0n) is 18.7. The number of amides is 2. The van der Waals surface area contributed by atoms with Gasteiger partial charge in [0.05, 0.1) is 25.0 Å². The number of hydrogen-bond acceptors (Lipinski definition) is 9. The predicted octanol–water partition coefficient (Wildman–Crippen LogP) is 1.39. The molecule has 0 radical (unpaired) electrons. The van der Waals surface area contributed by atoms with E-state index in [-0.39, 0.29) is 41.4 Å². The molecule has 1 fully saturated rings. The number of fused-ring (bicyclic) bond motifs is 1. The van der Waals surface area contributed by atoms with Gasteiger partial charge in [-0.1, -0.05) is 5.16 Å². The summed E-state index contributed by atoms with van der Waals surface area (Å²) in [6.45, 7) is 0.882. The number of aromatic nitrogens is 4. The van der Waals surface area contributed by atoms with Crippen LogP contribution in [0.15, 0.2) is 47.4 Å². The van der Waals surface area contributed by atoms with Crippen LogP contribution in [0.5, 0.6) is 0 Å². The minimum atomic E-state index is -2.42. The van der Waals surface area contributed by atoms with E-state index in [1.54, 1.807) is 12.1 Å². The summed E-state index contributed by atoms with van der Waals surface area (Å²) < 4.78 is 40.7. The first kappa shape index (κ1) is 23.3. The lowest BCUT2D eigenvalue weighted by molar-refractivity contribution is -0.165. The number of carbonyl (C=O) groups is 2. The van der Waals surface area contributed by atoms with Crippen molar-refractivity contribution in [1.29, 1.82) is 0 Å². The Morgan fingerprint density at radius 2 is 2.03 bits per heavy atom. The molecule has 2 amide bonds. The summed E-state index contributed by atoms with van der Waals surface area (Å²) >= 11 is 0. The Labute approximate surface area is 201 Å². The molecule has 14 heteroatoms. The Kier molecular flexibility index (Phi) is 5.61. The van der Waals surface area contributed by atoms with Gasteiger partial charge in [0.25, 0.3) is 11.8 Å². The quantitative estimate of drug-likeness (QED) is 0.368. The van der Waals surface area contributed by atoms with Gasteiger partial charge in [0.1, 0.15) is 11.2 Å². The van der Waals surface area contributed by atoms with Gasteiger partial charge in [0, 0.05) is 24.1 Å². The van der Waals surface area contributed by atoms with Crippen molar-refractivity contribution in [2.24, 2.45) is 0 Å². The highest BCUT2D eigenvalue weighted by Crippen LogP contribution is 2.30.